The summed E-state index contributed by atoms with van der Waals surface area (Å²) in [6, 6.07) is 6.73. The van der Waals surface area contributed by atoms with Crippen LogP contribution >= 0.6 is 0 Å². The molecule has 0 saturated carbocycles. The number of nitrogens with zero attached hydrogens (tertiary/aromatic N) is 1. The van der Waals surface area contributed by atoms with Gasteiger partial charge in [0.05, 0.1) is 11.8 Å². The highest BCUT2D eigenvalue weighted by molar-refractivity contribution is 6.15. The van der Waals surface area contributed by atoms with Crippen molar-refractivity contribution in [2.75, 3.05) is 11.9 Å². The van der Waals surface area contributed by atoms with E-state index in [4.69, 9.17) is 5.73 Å². The Morgan fingerprint density at radius 1 is 1.21 bits per heavy atom. The van der Waals surface area contributed by atoms with Crippen molar-refractivity contribution >= 4 is 29.3 Å². The molecule has 4 unspecified atom stereocenters. The Morgan fingerprint density at radius 2 is 1.96 bits per heavy atom. The molecule has 148 valence electrons. The molecule has 4 rings (SSSR count). The second kappa shape index (κ2) is 6.70. The molecule has 2 saturated heterocycles. The Balaban J connectivity index is 1.79. The number of hydrogen-bond donors (Lipinski definition) is 3. The highest BCUT2D eigenvalue weighted by Gasteiger charge is 2.70. The number of benzene rings is 1. The van der Waals surface area contributed by atoms with Crippen LogP contribution in [0.5, 0.6) is 0 Å². The summed E-state index contributed by atoms with van der Waals surface area (Å²) in [4.78, 5) is 52.2. The van der Waals surface area contributed by atoms with E-state index in [1.54, 1.807) is 12.1 Å². The molecule has 28 heavy (non-hydrogen) atoms. The standard InChI is InChI=1S/C20H24N4O4/c1-2-3-10-24-17(26)15-13(8-9-14(21)25)23-20(16(15)18(24)27)11-6-4-5-7-12(11)22-19(20)28/h4-7,13,15-16,23H,2-3,8-10H2,1H3,(H2,21,25)(H,22,28). The fraction of sp³-hybridized carbons (Fsp3) is 0.500. The van der Waals surface area contributed by atoms with E-state index < -0.39 is 29.3 Å². The Bertz CT molecular complexity index is 870. The molecule has 1 spiro atoms. The minimum Gasteiger partial charge on any atom is -0.370 e. The third-order valence-corrected chi connectivity index (χ3v) is 6.15. The average Bonchev–Trinajstić information content (AvgIpc) is 3.24. The van der Waals surface area contributed by atoms with Gasteiger partial charge < -0.3 is 11.1 Å². The molecule has 0 aromatic heterocycles. The number of anilines is 1. The minimum atomic E-state index is -1.29. The SMILES string of the molecule is CCCCN1C(=O)C2C(CCC(N)=O)NC3(C(=O)Nc4ccccc43)C2C1=O. The van der Waals surface area contributed by atoms with Crippen LogP contribution in [0.4, 0.5) is 5.69 Å². The van der Waals surface area contributed by atoms with Crippen molar-refractivity contribution in [2.45, 2.75) is 44.2 Å². The number of para-hydroxylation sites is 1. The van der Waals surface area contributed by atoms with Crippen molar-refractivity contribution in [2.24, 2.45) is 17.6 Å². The third kappa shape index (κ3) is 2.47. The van der Waals surface area contributed by atoms with E-state index >= 15 is 0 Å². The summed E-state index contributed by atoms with van der Waals surface area (Å²) in [5.41, 5.74) is 5.33. The summed E-state index contributed by atoms with van der Waals surface area (Å²) >= 11 is 0. The van der Waals surface area contributed by atoms with Crippen LogP contribution in [0, 0.1) is 11.8 Å². The van der Waals surface area contributed by atoms with E-state index in [0.717, 1.165) is 6.42 Å². The van der Waals surface area contributed by atoms with E-state index in [1.165, 1.54) is 4.90 Å². The molecule has 4 amide bonds. The summed E-state index contributed by atoms with van der Waals surface area (Å²) in [7, 11) is 0. The lowest BCUT2D eigenvalue weighted by Crippen LogP contribution is -2.53. The number of unbranched alkanes of at least 4 members (excludes halogenated alkanes) is 1. The van der Waals surface area contributed by atoms with E-state index in [1.807, 2.05) is 19.1 Å². The van der Waals surface area contributed by atoms with Gasteiger partial charge in [-0.3, -0.25) is 29.4 Å². The second-order valence-electron chi connectivity index (χ2n) is 7.75. The molecule has 0 radical (unpaired) electrons. The van der Waals surface area contributed by atoms with Crippen LogP contribution in [0.1, 0.15) is 38.2 Å². The largest absolute Gasteiger partial charge is 0.370 e. The number of amides is 4. The number of nitrogens with two attached hydrogens (primary N) is 1. The molecule has 8 nitrogen and oxygen atoms in total. The fourth-order valence-electron chi connectivity index (χ4n) is 4.90. The Kier molecular flexibility index (Phi) is 4.45. The number of carbonyl (C=O) groups excluding carboxylic acids is 4. The van der Waals surface area contributed by atoms with Gasteiger partial charge in [-0.2, -0.15) is 0 Å². The van der Waals surface area contributed by atoms with Crippen LogP contribution in [0.3, 0.4) is 0 Å². The first-order valence-electron chi connectivity index (χ1n) is 9.74. The zero-order valence-corrected chi connectivity index (χ0v) is 15.7. The number of likely N-dealkylation sites (tertiary alicyclic amines) is 1. The van der Waals surface area contributed by atoms with E-state index in [0.29, 0.717) is 30.6 Å². The topological polar surface area (TPSA) is 122 Å². The predicted molar refractivity (Wildman–Crippen MR) is 101 cm³/mol. The van der Waals surface area contributed by atoms with Gasteiger partial charge >= 0.3 is 0 Å². The summed E-state index contributed by atoms with van der Waals surface area (Å²) < 4.78 is 0. The summed E-state index contributed by atoms with van der Waals surface area (Å²) in [6.07, 6.45) is 1.95. The smallest absolute Gasteiger partial charge is 0.250 e. The number of rotatable bonds is 6. The number of imide groups is 1. The predicted octanol–water partition coefficient (Wildman–Crippen LogP) is 0.473. The Hall–Kier alpha value is -2.74. The van der Waals surface area contributed by atoms with Crippen LogP contribution in [-0.2, 0) is 24.7 Å². The normalized spacial score (nSPS) is 30.7. The van der Waals surface area contributed by atoms with Gasteiger partial charge in [-0.1, -0.05) is 31.5 Å². The molecule has 4 N–H and O–H groups in total. The maximum atomic E-state index is 13.3. The number of primary amides is 1. The van der Waals surface area contributed by atoms with Crippen molar-refractivity contribution in [3.8, 4) is 0 Å². The lowest BCUT2D eigenvalue weighted by atomic mass is 9.76. The highest BCUT2D eigenvalue weighted by Crippen LogP contribution is 2.53. The number of fused-ring (bicyclic) bond motifs is 4. The molecule has 3 aliphatic heterocycles. The average molecular weight is 384 g/mol. The van der Waals surface area contributed by atoms with Gasteiger partial charge in [-0.05, 0) is 18.9 Å². The zero-order valence-electron chi connectivity index (χ0n) is 15.7. The number of nitrogens with one attached hydrogen (secondary N) is 2. The molecule has 1 aromatic rings. The van der Waals surface area contributed by atoms with Gasteiger partial charge in [0.25, 0.3) is 0 Å². The van der Waals surface area contributed by atoms with Crippen LogP contribution in [-0.4, -0.2) is 41.1 Å². The Labute approximate surface area is 162 Å². The molecular weight excluding hydrogens is 360 g/mol. The quantitative estimate of drug-likeness (QED) is 0.616. The first-order chi connectivity index (χ1) is 13.4. The zero-order chi connectivity index (χ0) is 20.1. The van der Waals surface area contributed by atoms with E-state index in [-0.39, 0.29) is 24.1 Å². The van der Waals surface area contributed by atoms with Crippen LogP contribution in [0.25, 0.3) is 0 Å². The minimum absolute atomic E-state index is 0.0800. The third-order valence-electron chi connectivity index (χ3n) is 6.15. The van der Waals surface area contributed by atoms with Crippen molar-refractivity contribution in [3.63, 3.8) is 0 Å². The van der Waals surface area contributed by atoms with Gasteiger partial charge in [-0.25, -0.2) is 0 Å². The van der Waals surface area contributed by atoms with Crippen molar-refractivity contribution in [3.05, 3.63) is 29.8 Å². The van der Waals surface area contributed by atoms with Crippen LogP contribution in [0.2, 0.25) is 0 Å². The highest BCUT2D eigenvalue weighted by atomic mass is 16.2. The maximum absolute atomic E-state index is 13.3. The second-order valence-corrected chi connectivity index (χ2v) is 7.75. The van der Waals surface area contributed by atoms with Crippen molar-refractivity contribution in [1.29, 1.82) is 0 Å². The molecular formula is C20H24N4O4. The molecule has 1 aromatic carbocycles. The number of carbonyl (C=O) groups is 4. The van der Waals surface area contributed by atoms with Crippen molar-refractivity contribution < 1.29 is 19.2 Å². The molecule has 0 bridgehead atoms. The number of hydrogen-bond acceptors (Lipinski definition) is 5. The molecule has 0 aliphatic carbocycles. The molecule has 3 heterocycles. The van der Waals surface area contributed by atoms with Crippen LogP contribution < -0.4 is 16.4 Å². The first kappa shape index (κ1) is 18.6. The molecule has 2 fully saturated rings. The van der Waals surface area contributed by atoms with Gasteiger partial charge in [0.1, 0.15) is 5.54 Å². The summed E-state index contributed by atoms with van der Waals surface area (Å²) in [6.45, 7) is 2.34. The summed E-state index contributed by atoms with van der Waals surface area (Å²) in [5.74, 6) is -2.89. The van der Waals surface area contributed by atoms with Crippen molar-refractivity contribution in [1.82, 2.24) is 10.2 Å². The molecule has 3 aliphatic rings. The lowest BCUT2D eigenvalue weighted by molar-refractivity contribution is -0.143. The summed E-state index contributed by atoms with van der Waals surface area (Å²) in [5, 5.41) is 6.13. The fourth-order valence-corrected chi connectivity index (χ4v) is 4.90. The van der Waals surface area contributed by atoms with Gasteiger partial charge in [0.15, 0.2) is 0 Å². The lowest BCUT2D eigenvalue weighted by Gasteiger charge is -2.29. The first-order valence-corrected chi connectivity index (χ1v) is 9.74. The van der Waals surface area contributed by atoms with Gasteiger partial charge in [0.2, 0.25) is 23.6 Å². The monoisotopic (exact) mass is 384 g/mol. The maximum Gasteiger partial charge on any atom is 0.250 e. The Morgan fingerprint density at radius 3 is 2.68 bits per heavy atom. The molecule has 8 heteroatoms. The molecule has 4 atom stereocenters. The van der Waals surface area contributed by atoms with Gasteiger partial charge in [-0.15, -0.1) is 0 Å². The van der Waals surface area contributed by atoms with Crippen LogP contribution in [0.15, 0.2) is 24.3 Å². The van der Waals surface area contributed by atoms with Gasteiger partial charge in [0, 0.05) is 30.3 Å². The van der Waals surface area contributed by atoms with E-state index in [9.17, 15) is 19.2 Å². The van der Waals surface area contributed by atoms with E-state index in [2.05, 4.69) is 10.6 Å².